The predicted octanol–water partition coefficient (Wildman–Crippen LogP) is 1.30. The lowest BCUT2D eigenvalue weighted by Crippen LogP contribution is -2.35. The second-order valence-electron chi connectivity index (χ2n) is 4.83. The van der Waals surface area contributed by atoms with Crippen molar-refractivity contribution >= 4 is 5.91 Å². The Morgan fingerprint density at radius 3 is 2.47 bits per heavy atom. The Hall–Kier alpha value is -0.610. The average Bonchev–Trinajstić information content (AvgIpc) is 2.32. The van der Waals surface area contributed by atoms with Crippen molar-refractivity contribution < 1.29 is 4.79 Å². The van der Waals surface area contributed by atoms with E-state index in [1.807, 2.05) is 7.05 Å². The van der Waals surface area contributed by atoms with E-state index in [-0.39, 0.29) is 5.91 Å². The smallest absolute Gasteiger partial charge is 0.223 e. The van der Waals surface area contributed by atoms with E-state index >= 15 is 0 Å². The number of amides is 1. The molecule has 0 fully saturated rings. The fraction of sp³-hybridized carbons (Fsp3) is 0.923. The zero-order valence-electron chi connectivity index (χ0n) is 11.9. The molecule has 0 rings (SSSR count). The van der Waals surface area contributed by atoms with Gasteiger partial charge in [0.05, 0.1) is 0 Å². The van der Waals surface area contributed by atoms with Crippen LogP contribution in [0, 0.1) is 0 Å². The highest BCUT2D eigenvalue weighted by Gasteiger charge is 2.12. The van der Waals surface area contributed by atoms with Crippen molar-refractivity contribution in [3.8, 4) is 0 Å². The van der Waals surface area contributed by atoms with Gasteiger partial charge in [-0.3, -0.25) is 4.79 Å². The van der Waals surface area contributed by atoms with Gasteiger partial charge >= 0.3 is 0 Å². The third-order valence-electron chi connectivity index (χ3n) is 3.26. The van der Waals surface area contributed by atoms with Crippen molar-refractivity contribution in [1.82, 2.24) is 9.80 Å². The molecule has 0 aliphatic rings. The third-order valence-corrected chi connectivity index (χ3v) is 3.26. The van der Waals surface area contributed by atoms with Crippen molar-refractivity contribution in [1.29, 1.82) is 0 Å². The molecule has 0 radical (unpaired) electrons. The second kappa shape index (κ2) is 9.42. The topological polar surface area (TPSA) is 49.6 Å². The molecule has 17 heavy (non-hydrogen) atoms. The third kappa shape index (κ3) is 7.34. The van der Waals surface area contributed by atoms with Crippen LogP contribution in [0.3, 0.4) is 0 Å². The van der Waals surface area contributed by atoms with E-state index in [1.165, 1.54) is 12.8 Å². The lowest BCUT2D eigenvalue weighted by molar-refractivity contribution is -0.130. The lowest BCUT2D eigenvalue weighted by Gasteiger charge is -2.25. The van der Waals surface area contributed by atoms with Crippen LogP contribution in [-0.4, -0.2) is 55.5 Å². The number of nitrogens with zero attached hydrogens (tertiary/aromatic N) is 2. The second-order valence-corrected chi connectivity index (χ2v) is 4.83. The molecule has 1 atom stereocenters. The normalized spacial score (nSPS) is 12.8. The Bertz CT molecular complexity index is 209. The van der Waals surface area contributed by atoms with Crippen molar-refractivity contribution in [2.75, 3.05) is 33.7 Å². The Morgan fingerprint density at radius 2 is 1.94 bits per heavy atom. The first-order valence-corrected chi connectivity index (χ1v) is 6.67. The molecule has 4 nitrogen and oxygen atoms in total. The van der Waals surface area contributed by atoms with Gasteiger partial charge in [0.2, 0.25) is 5.91 Å². The van der Waals surface area contributed by atoms with Crippen LogP contribution in [0.5, 0.6) is 0 Å². The molecule has 0 bridgehead atoms. The quantitative estimate of drug-likeness (QED) is 0.664. The SMILES string of the molecule is CCCC(C)N(C)CCC(=O)N(C)CCCN. The van der Waals surface area contributed by atoms with Gasteiger partial charge in [-0.25, -0.2) is 0 Å². The van der Waals surface area contributed by atoms with Gasteiger partial charge in [-0.1, -0.05) is 13.3 Å². The standard InChI is InChI=1S/C13H29N3O/c1-5-7-12(2)15(3)11-8-13(17)16(4)10-6-9-14/h12H,5-11,14H2,1-4H3. The van der Waals surface area contributed by atoms with Crippen LogP contribution in [0.1, 0.15) is 39.5 Å². The van der Waals surface area contributed by atoms with Crippen molar-refractivity contribution in [3.05, 3.63) is 0 Å². The fourth-order valence-electron chi connectivity index (χ4n) is 1.77. The molecule has 1 amide bonds. The Balaban J connectivity index is 3.82. The maximum atomic E-state index is 11.8. The molecule has 4 heteroatoms. The summed E-state index contributed by atoms with van der Waals surface area (Å²) < 4.78 is 0. The van der Waals surface area contributed by atoms with Gasteiger partial charge < -0.3 is 15.5 Å². The minimum atomic E-state index is 0.217. The van der Waals surface area contributed by atoms with Gasteiger partial charge in [0.15, 0.2) is 0 Å². The molecule has 0 heterocycles. The molecule has 0 spiro atoms. The number of rotatable bonds is 9. The van der Waals surface area contributed by atoms with Gasteiger partial charge in [0, 0.05) is 32.6 Å². The van der Waals surface area contributed by atoms with Crippen molar-refractivity contribution in [2.24, 2.45) is 5.73 Å². The van der Waals surface area contributed by atoms with E-state index < -0.39 is 0 Å². The first-order chi connectivity index (χ1) is 8.02. The fourth-order valence-corrected chi connectivity index (χ4v) is 1.77. The van der Waals surface area contributed by atoms with Gasteiger partial charge in [-0.2, -0.15) is 0 Å². The van der Waals surface area contributed by atoms with Crippen molar-refractivity contribution in [2.45, 2.75) is 45.6 Å². The van der Waals surface area contributed by atoms with Crippen LogP contribution in [0.4, 0.5) is 0 Å². The van der Waals surface area contributed by atoms with E-state index in [0.717, 1.165) is 19.5 Å². The van der Waals surface area contributed by atoms with Crippen LogP contribution >= 0.6 is 0 Å². The molecule has 1 unspecified atom stereocenters. The largest absolute Gasteiger partial charge is 0.346 e. The van der Waals surface area contributed by atoms with Crippen LogP contribution in [0.15, 0.2) is 0 Å². The first kappa shape index (κ1) is 16.4. The summed E-state index contributed by atoms with van der Waals surface area (Å²) in [5, 5.41) is 0. The maximum absolute atomic E-state index is 11.8. The summed E-state index contributed by atoms with van der Waals surface area (Å²) in [5.74, 6) is 0.217. The summed E-state index contributed by atoms with van der Waals surface area (Å²) in [7, 11) is 3.95. The van der Waals surface area contributed by atoms with Gasteiger partial charge in [0.1, 0.15) is 0 Å². The summed E-state index contributed by atoms with van der Waals surface area (Å²) in [4.78, 5) is 15.8. The number of hydrogen-bond acceptors (Lipinski definition) is 3. The first-order valence-electron chi connectivity index (χ1n) is 6.67. The predicted molar refractivity (Wildman–Crippen MR) is 72.9 cm³/mol. The Morgan fingerprint density at radius 1 is 1.29 bits per heavy atom. The van der Waals surface area contributed by atoms with Gasteiger partial charge in [-0.15, -0.1) is 0 Å². The molecular weight excluding hydrogens is 214 g/mol. The van der Waals surface area contributed by atoms with Crippen LogP contribution in [-0.2, 0) is 4.79 Å². The molecule has 0 aliphatic heterocycles. The summed E-state index contributed by atoms with van der Waals surface area (Å²) in [5.41, 5.74) is 5.43. The zero-order valence-corrected chi connectivity index (χ0v) is 11.9. The number of carbonyl (C=O) groups is 1. The highest BCUT2D eigenvalue weighted by molar-refractivity contribution is 5.76. The van der Waals surface area contributed by atoms with E-state index in [4.69, 9.17) is 5.73 Å². The van der Waals surface area contributed by atoms with Crippen LogP contribution < -0.4 is 5.73 Å². The summed E-state index contributed by atoms with van der Waals surface area (Å²) in [6.07, 6.45) is 3.86. The van der Waals surface area contributed by atoms with E-state index in [9.17, 15) is 4.79 Å². The van der Waals surface area contributed by atoms with E-state index in [0.29, 0.717) is 19.0 Å². The zero-order chi connectivity index (χ0) is 13.3. The Labute approximate surface area is 106 Å². The minimum absolute atomic E-state index is 0.217. The summed E-state index contributed by atoms with van der Waals surface area (Å²) in [6, 6.07) is 0.558. The molecule has 102 valence electrons. The lowest BCUT2D eigenvalue weighted by atomic mass is 10.1. The van der Waals surface area contributed by atoms with Crippen molar-refractivity contribution in [3.63, 3.8) is 0 Å². The highest BCUT2D eigenvalue weighted by Crippen LogP contribution is 2.05. The van der Waals surface area contributed by atoms with E-state index in [2.05, 4.69) is 25.8 Å². The minimum Gasteiger partial charge on any atom is -0.346 e. The highest BCUT2D eigenvalue weighted by atomic mass is 16.2. The molecule has 0 aromatic carbocycles. The average molecular weight is 243 g/mol. The number of nitrogens with two attached hydrogens (primary N) is 1. The number of carbonyl (C=O) groups excluding carboxylic acids is 1. The molecule has 0 aromatic heterocycles. The molecule has 2 N–H and O–H groups in total. The molecule has 0 saturated heterocycles. The molecular formula is C13H29N3O. The number of hydrogen-bond donors (Lipinski definition) is 1. The summed E-state index contributed by atoms with van der Waals surface area (Å²) in [6.45, 7) is 6.66. The monoisotopic (exact) mass is 243 g/mol. The van der Waals surface area contributed by atoms with Crippen LogP contribution in [0.2, 0.25) is 0 Å². The van der Waals surface area contributed by atoms with Crippen LogP contribution in [0.25, 0.3) is 0 Å². The summed E-state index contributed by atoms with van der Waals surface area (Å²) >= 11 is 0. The van der Waals surface area contributed by atoms with Gasteiger partial charge in [0.25, 0.3) is 0 Å². The van der Waals surface area contributed by atoms with Gasteiger partial charge in [-0.05, 0) is 33.4 Å². The Kier molecular flexibility index (Phi) is 9.09. The van der Waals surface area contributed by atoms with E-state index in [1.54, 1.807) is 4.90 Å². The molecule has 0 saturated carbocycles. The molecule has 0 aliphatic carbocycles. The maximum Gasteiger partial charge on any atom is 0.223 e. The molecule has 0 aromatic rings.